The fourth-order valence-electron chi connectivity index (χ4n) is 8.94. The molecular formula is C42H47ClN12O5. The smallest absolute Gasteiger partial charge is 0.323 e. The number of nitrogens with one attached hydrogen (secondary N) is 3. The number of fused-ring (bicyclic) bond motifs is 2. The van der Waals surface area contributed by atoms with Crippen LogP contribution >= 0.6 is 11.6 Å². The van der Waals surface area contributed by atoms with E-state index in [4.69, 9.17) is 16.1 Å². The number of piperazine rings is 1. The number of piperidine rings is 1. The maximum Gasteiger partial charge on any atom is 0.323 e. The largest absolute Gasteiger partial charge is 0.369 e. The van der Waals surface area contributed by atoms with Crippen molar-refractivity contribution in [2.24, 2.45) is 0 Å². The van der Waals surface area contributed by atoms with Crippen LogP contribution in [0.4, 0.5) is 21.9 Å². The van der Waals surface area contributed by atoms with Crippen molar-refractivity contribution in [1.29, 1.82) is 0 Å². The van der Waals surface area contributed by atoms with Gasteiger partial charge in [-0.25, -0.2) is 19.3 Å². The Morgan fingerprint density at radius 2 is 1.78 bits per heavy atom. The third-order valence-electron chi connectivity index (χ3n) is 12.1. The molecular weight excluding hydrogens is 788 g/mol. The number of hydrogen-bond donors (Lipinski definition) is 3. The van der Waals surface area contributed by atoms with Crippen molar-refractivity contribution >= 4 is 58.1 Å². The quantitative estimate of drug-likeness (QED) is 0.101. The van der Waals surface area contributed by atoms with Crippen molar-refractivity contribution in [3.05, 3.63) is 76.7 Å². The van der Waals surface area contributed by atoms with Gasteiger partial charge in [0.15, 0.2) is 5.65 Å². The first-order chi connectivity index (χ1) is 29.3. The first kappa shape index (κ1) is 39.5. The summed E-state index contributed by atoms with van der Waals surface area (Å²) < 4.78 is 7.36. The van der Waals surface area contributed by atoms with Crippen molar-refractivity contribution in [1.82, 2.24) is 44.8 Å². The number of benzene rings is 1. The van der Waals surface area contributed by atoms with E-state index in [2.05, 4.69) is 57.0 Å². The van der Waals surface area contributed by atoms with Gasteiger partial charge in [-0.15, -0.1) is 0 Å². The number of pyridine rings is 1. The van der Waals surface area contributed by atoms with E-state index in [1.165, 1.54) is 12.6 Å². The van der Waals surface area contributed by atoms with Gasteiger partial charge in [-0.05, 0) is 68.5 Å². The van der Waals surface area contributed by atoms with E-state index in [0.29, 0.717) is 53.7 Å². The lowest BCUT2D eigenvalue weighted by atomic mass is 9.86. The lowest BCUT2D eigenvalue weighted by Crippen LogP contribution is -2.52. The number of aryl methyl sites for hydroxylation is 1. The second-order valence-corrected chi connectivity index (χ2v) is 16.4. The highest BCUT2D eigenvalue weighted by Gasteiger charge is 2.39. The molecule has 5 aromatic rings. The number of hydrogen-bond acceptors (Lipinski definition) is 12. The zero-order valence-corrected chi connectivity index (χ0v) is 34.0. The van der Waals surface area contributed by atoms with Crippen LogP contribution in [-0.4, -0.2) is 102 Å². The molecule has 4 aliphatic rings. The molecule has 1 atom stereocenters. The number of aromatic nitrogens is 6. The number of amides is 5. The molecule has 9 rings (SSSR count). The summed E-state index contributed by atoms with van der Waals surface area (Å²) in [4.78, 5) is 70.1. The monoisotopic (exact) mass is 834 g/mol. The Hall–Kier alpha value is -5.94. The van der Waals surface area contributed by atoms with Crippen LogP contribution in [0.25, 0.3) is 17.2 Å². The topological polar surface area (TPSA) is 196 Å². The molecule has 4 aromatic heterocycles. The van der Waals surface area contributed by atoms with Crippen LogP contribution in [0, 0.1) is 0 Å². The lowest BCUT2D eigenvalue weighted by Gasteiger charge is -2.36. The van der Waals surface area contributed by atoms with Gasteiger partial charge in [-0.3, -0.25) is 24.6 Å². The van der Waals surface area contributed by atoms with E-state index in [-0.39, 0.29) is 29.2 Å². The molecule has 1 unspecified atom stereocenters. The first-order valence-electron chi connectivity index (χ1n) is 20.9. The Balaban J connectivity index is 0.707. The summed E-state index contributed by atoms with van der Waals surface area (Å²) in [6, 6.07) is 8.37. The Bertz CT molecular complexity index is 2420. The maximum atomic E-state index is 13.1. The molecule has 0 bridgehead atoms. The molecule has 7 heterocycles. The van der Waals surface area contributed by atoms with Crippen LogP contribution in [0.2, 0.25) is 5.02 Å². The molecule has 3 N–H and O–H groups in total. The summed E-state index contributed by atoms with van der Waals surface area (Å²) >= 11 is 6.61. The summed E-state index contributed by atoms with van der Waals surface area (Å²) in [7, 11) is 0. The molecule has 3 fully saturated rings. The van der Waals surface area contributed by atoms with Crippen LogP contribution in [0.1, 0.15) is 97.6 Å². The number of carbonyl (C=O) groups excluding carboxylic acids is 4. The normalized spacial score (nSPS) is 18.9. The van der Waals surface area contributed by atoms with Crippen LogP contribution in [0.3, 0.4) is 0 Å². The van der Waals surface area contributed by atoms with Gasteiger partial charge in [0.25, 0.3) is 5.91 Å². The van der Waals surface area contributed by atoms with E-state index in [1.54, 1.807) is 23.4 Å². The minimum Gasteiger partial charge on any atom is -0.369 e. The number of nitrogens with zero attached hydrogens (tertiary/aromatic N) is 9. The van der Waals surface area contributed by atoms with Gasteiger partial charge in [0.05, 0.1) is 40.7 Å². The van der Waals surface area contributed by atoms with E-state index in [1.807, 2.05) is 22.7 Å². The van der Waals surface area contributed by atoms with Crippen molar-refractivity contribution in [3.63, 3.8) is 0 Å². The Kier molecular flexibility index (Phi) is 11.4. The predicted molar refractivity (Wildman–Crippen MR) is 223 cm³/mol. The van der Waals surface area contributed by atoms with E-state index >= 15 is 0 Å². The third-order valence-corrected chi connectivity index (χ3v) is 12.4. The number of halogens is 1. The predicted octanol–water partition coefficient (Wildman–Crippen LogP) is 5.82. The van der Waals surface area contributed by atoms with Gasteiger partial charge in [-0.2, -0.15) is 10.1 Å². The zero-order valence-electron chi connectivity index (χ0n) is 33.2. The summed E-state index contributed by atoms with van der Waals surface area (Å²) in [5.41, 5.74) is 5.76. The Morgan fingerprint density at radius 1 is 0.933 bits per heavy atom. The van der Waals surface area contributed by atoms with Crippen LogP contribution < -0.4 is 20.9 Å². The minimum absolute atomic E-state index is 0.152. The van der Waals surface area contributed by atoms with Crippen molar-refractivity contribution in [2.45, 2.75) is 89.1 Å². The second-order valence-electron chi connectivity index (χ2n) is 16.0. The number of anilines is 3. The van der Waals surface area contributed by atoms with E-state index < -0.39 is 18.0 Å². The maximum absolute atomic E-state index is 13.1. The minimum atomic E-state index is -0.611. The standard InChI is InChI=1S/C42H47ClN12O5/c43-31-22-28(47-42(59)48-32-24-44-34-14-15-46-55(34)38(32)26-7-3-1-4-8-26)23-45-37(31)39-50-36(60-51-39)9-5-2-6-16-52-17-19-53(20-18-52)29-10-11-30-27(21-29)25-54(41(30)58)33-12-13-35(56)49-40(33)57/h10-11,14-15,21-24,26,33H,1-9,12-13,16-20,25H2,(H2,47,48,59)(H,49,56,57). The van der Waals surface area contributed by atoms with Crippen molar-refractivity contribution in [2.75, 3.05) is 48.3 Å². The second kappa shape index (κ2) is 17.3. The summed E-state index contributed by atoms with van der Waals surface area (Å²) in [6.45, 7) is 5.04. The highest BCUT2D eigenvalue weighted by Crippen LogP contribution is 2.37. The van der Waals surface area contributed by atoms with E-state index in [0.717, 1.165) is 100 Å². The fraction of sp³-hybridized carbons (Fsp3) is 0.452. The molecule has 1 aromatic carbocycles. The van der Waals surface area contributed by atoms with Gasteiger partial charge in [0.2, 0.25) is 23.5 Å². The summed E-state index contributed by atoms with van der Waals surface area (Å²) in [6.07, 6.45) is 14.7. The summed E-state index contributed by atoms with van der Waals surface area (Å²) in [5, 5.41) is 17.0. The van der Waals surface area contributed by atoms with Gasteiger partial charge in [0, 0.05) is 68.8 Å². The molecule has 2 saturated heterocycles. The lowest BCUT2D eigenvalue weighted by molar-refractivity contribution is -0.136. The van der Waals surface area contributed by atoms with Crippen molar-refractivity contribution in [3.8, 4) is 11.5 Å². The zero-order chi connectivity index (χ0) is 41.2. The SMILES string of the molecule is O=C1CCC(N2Cc3cc(N4CCN(CCCCCc5nc(-c6ncc(NC(=O)Nc7cnc8ccnn8c7C7CCCCC7)cc6Cl)no5)CC4)ccc3C2=O)C(=O)N1. The first-order valence-corrected chi connectivity index (χ1v) is 21.3. The molecule has 3 aliphatic heterocycles. The Morgan fingerprint density at radius 3 is 2.60 bits per heavy atom. The van der Waals surface area contributed by atoms with Crippen LogP contribution in [-0.2, 0) is 22.6 Å². The number of rotatable bonds is 12. The van der Waals surface area contributed by atoms with Crippen LogP contribution in [0.15, 0.2) is 53.4 Å². The summed E-state index contributed by atoms with van der Waals surface area (Å²) in [5.74, 6) is 0.264. The molecule has 18 heteroatoms. The average Bonchev–Trinajstić information content (AvgIpc) is 4.00. The number of imide groups is 1. The molecule has 312 valence electrons. The number of carbonyl (C=O) groups is 4. The molecule has 1 aliphatic carbocycles. The fourth-order valence-corrected chi connectivity index (χ4v) is 9.19. The molecule has 5 amide bonds. The molecule has 0 spiro atoms. The average molecular weight is 835 g/mol. The van der Waals surface area contributed by atoms with Gasteiger partial charge >= 0.3 is 6.03 Å². The van der Waals surface area contributed by atoms with E-state index in [9.17, 15) is 19.2 Å². The van der Waals surface area contributed by atoms with Crippen LogP contribution in [0.5, 0.6) is 0 Å². The number of unbranched alkanes of at least 4 members (excludes halogenated alkanes) is 2. The highest BCUT2D eigenvalue weighted by molar-refractivity contribution is 6.33. The molecule has 0 radical (unpaired) electrons. The van der Waals surface area contributed by atoms with Gasteiger partial charge in [-0.1, -0.05) is 42.4 Å². The third kappa shape index (κ3) is 8.41. The molecule has 1 saturated carbocycles. The highest BCUT2D eigenvalue weighted by atomic mass is 35.5. The molecule has 17 nitrogen and oxygen atoms in total. The van der Waals surface area contributed by atoms with Gasteiger partial charge < -0.3 is 25.0 Å². The Labute approximate surface area is 351 Å². The van der Waals surface area contributed by atoms with Crippen molar-refractivity contribution < 1.29 is 23.7 Å². The molecule has 60 heavy (non-hydrogen) atoms. The van der Waals surface area contributed by atoms with Gasteiger partial charge in [0.1, 0.15) is 11.7 Å². The number of urea groups is 1.